The highest BCUT2D eigenvalue weighted by atomic mass is 16.5. The summed E-state index contributed by atoms with van der Waals surface area (Å²) in [5, 5.41) is 8.49. The zero-order valence-corrected chi connectivity index (χ0v) is 20.7. The number of aryl methyl sites for hydroxylation is 1. The predicted octanol–water partition coefficient (Wildman–Crippen LogP) is 5.90. The van der Waals surface area contributed by atoms with E-state index in [2.05, 4.69) is 41.6 Å². The number of rotatable bonds is 7. The number of methoxy groups -OCH3 is 1. The van der Waals surface area contributed by atoms with Crippen LogP contribution in [0.3, 0.4) is 0 Å². The van der Waals surface area contributed by atoms with Crippen molar-refractivity contribution in [1.29, 1.82) is 0 Å². The van der Waals surface area contributed by atoms with Crippen molar-refractivity contribution < 1.29 is 9.53 Å². The molecule has 6 nitrogen and oxygen atoms in total. The van der Waals surface area contributed by atoms with E-state index in [1.165, 1.54) is 5.56 Å². The van der Waals surface area contributed by atoms with E-state index in [1.54, 1.807) is 7.11 Å². The van der Waals surface area contributed by atoms with Crippen molar-refractivity contribution in [3.05, 3.63) is 107 Å². The summed E-state index contributed by atoms with van der Waals surface area (Å²) >= 11 is 0. The molecule has 5 aromatic rings. The predicted molar refractivity (Wildman–Crippen MR) is 143 cm³/mol. The third-order valence-electron chi connectivity index (χ3n) is 6.42. The van der Waals surface area contributed by atoms with E-state index in [0.717, 1.165) is 45.6 Å². The summed E-state index contributed by atoms with van der Waals surface area (Å²) in [4.78, 5) is 18.2. The Morgan fingerprint density at radius 2 is 1.78 bits per heavy atom. The molecule has 0 fully saturated rings. The van der Waals surface area contributed by atoms with Crippen LogP contribution in [0.4, 0.5) is 0 Å². The summed E-state index contributed by atoms with van der Waals surface area (Å²) in [5.74, 6) is 0.605. The van der Waals surface area contributed by atoms with Crippen LogP contribution in [0.2, 0.25) is 0 Å². The van der Waals surface area contributed by atoms with Gasteiger partial charge in [-0.3, -0.25) is 4.79 Å². The molecule has 0 aliphatic heterocycles. The molecule has 3 aromatic carbocycles. The first kappa shape index (κ1) is 23.3. The Labute approximate surface area is 210 Å². The lowest BCUT2D eigenvalue weighted by Gasteiger charge is -2.11. The Morgan fingerprint density at radius 1 is 0.972 bits per heavy atom. The second-order valence-corrected chi connectivity index (χ2v) is 8.68. The van der Waals surface area contributed by atoms with Crippen LogP contribution in [0, 0.1) is 6.92 Å². The summed E-state index contributed by atoms with van der Waals surface area (Å²) in [5.41, 5.74) is 7.16. The maximum Gasteiger partial charge on any atom is 0.252 e. The molecule has 36 heavy (non-hydrogen) atoms. The van der Waals surface area contributed by atoms with E-state index >= 15 is 0 Å². The molecule has 2 heterocycles. The maximum atomic E-state index is 13.4. The molecule has 0 saturated heterocycles. The summed E-state index contributed by atoms with van der Waals surface area (Å²) in [6.07, 6.45) is 2.81. The van der Waals surface area contributed by atoms with E-state index in [0.29, 0.717) is 17.8 Å². The van der Waals surface area contributed by atoms with Gasteiger partial charge in [0.2, 0.25) is 0 Å². The van der Waals surface area contributed by atoms with Gasteiger partial charge in [-0.15, -0.1) is 0 Å². The van der Waals surface area contributed by atoms with Crippen LogP contribution in [0.25, 0.3) is 27.8 Å². The molecule has 0 aliphatic rings. The van der Waals surface area contributed by atoms with Gasteiger partial charge in [-0.1, -0.05) is 49.4 Å². The van der Waals surface area contributed by atoms with Crippen LogP contribution in [-0.4, -0.2) is 27.8 Å². The van der Waals surface area contributed by atoms with Crippen molar-refractivity contribution in [3.8, 4) is 22.7 Å². The lowest BCUT2D eigenvalue weighted by Crippen LogP contribution is -2.23. The van der Waals surface area contributed by atoms with Crippen molar-refractivity contribution in [2.75, 3.05) is 7.11 Å². The Bertz CT molecular complexity index is 1540. The first-order valence-electron chi connectivity index (χ1n) is 12.0. The first-order chi connectivity index (χ1) is 17.6. The minimum atomic E-state index is -0.155. The molecule has 0 saturated carbocycles. The summed E-state index contributed by atoms with van der Waals surface area (Å²) < 4.78 is 7.21. The van der Waals surface area contributed by atoms with Gasteiger partial charge in [0, 0.05) is 17.5 Å². The van der Waals surface area contributed by atoms with Gasteiger partial charge < -0.3 is 10.1 Å². The molecule has 0 spiro atoms. The van der Waals surface area contributed by atoms with Crippen molar-refractivity contribution >= 4 is 16.8 Å². The van der Waals surface area contributed by atoms with Crippen molar-refractivity contribution in [2.24, 2.45) is 0 Å². The van der Waals surface area contributed by atoms with Gasteiger partial charge in [0.15, 0.2) is 0 Å². The number of aromatic nitrogens is 3. The monoisotopic (exact) mass is 476 g/mol. The molecule has 180 valence electrons. The molecule has 0 atom stereocenters. The number of para-hydroxylation sites is 1. The molecular formula is C30H28N4O2. The number of fused-ring (bicyclic) bond motifs is 1. The van der Waals surface area contributed by atoms with Gasteiger partial charge in [0.25, 0.3) is 5.91 Å². The molecule has 0 aliphatic carbocycles. The fourth-order valence-corrected chi connectivity index (χ4v) is 4.36. The highest BCUT2D eigenvalue weighted by Crippen LogP contribution is 2.28. The molecule has 5 rings (SSSR count). The maximum absolute atomic E-state index is 13.4. The highest BCUT2D eigenvalue weighted by Gasteiger charge is 2.17. The van der Waals surface area contributed by atoms with Gasteiger partial charge in [0.1, 0.15) is 5.75 Å². The topological polar surface area (TPSA) is 69.0 Å². The van der Waals surface area contributed by atoms with E-state index < -0.39 is 0 Å². The minimum Gasteiger partial charge on any atom is -0.497 e. The first-order valence-corrected chi connectivity index (χ1v) is 12.0. The molecule has 0 radical (unpaired) electrons. The van der Waals surface area contributed by atoms with Crippen LogP contribution in [0.1, 0.15) is 34.1 Å². The number of nitrogens with zero attached hydrogens (tertiary/aromatic N) is 3. The average Bonchev–Trinajstić information content (AvgIpc) is 3.32. The number of nitrogens with one attached hydrogen (secondary N) is 1. The van der Waals surface area contributed by atoms with E-state index in [1.807, 2.05) is 72.4 Å². The highest BCUT2D eigenvalue weighted by molar-refractivity contribution is 6.07. The zero-order valence-electron chi connectivity index (χ0n) is 20.7. The van der Waals surface area contributed by atoms with Crippen LogP contribution < -0.4 is 10.1 Å². The number of pyridine rings is 1. The lowest BCUT2D eigenvalue weighted by atomic mass is 10.0. The second kappa shape index (κ2) is 10.0. The normalized spacial score (nSPS) is 11.0. The number of carbonyl (C=O) groups excluding carboxylic acids is 1. The van der Waals surface area contributed by atoms with Crippen LogP contribution in [-0.2, 0) is 13.0 Å². The number of hydrogen-bond acceptors (Lipinski definition) is 4. The lowest BCUT2D eigenvalue weighted by molar-refractivity contribution is 0.0952. The molecule has 1 N–H and O–H groups in total. The van der Waals surface area contributed by atoms with Crippen LogP contribution in [0.15, 0.2) is 85.1 Å². The molecular weight excluding hydrogens is 448 g/mol. The number of ether oxygens (including phenoxy) is 1. The van der Waals surface area contributed by atoms with E-state index in [9.17, 15) is 4.79 Å². The minimum absolute atomic E-state index is 0.155. The SMILES string of the molecule is CCc1ccc(-n2ncc(-c3cc(C(=O)NCc4cccc(OC)c4)c4ccccc4n3)c2C)cc1. The number of hydrogen-bond donors (Lipinski definition) is 1. The third-order valence-corrected chi connectivity index (χ3v) is 6.42. The van der Waals surface area contributed by atoms with E-state index in [4.69, 9.17) is 9.72 Å². The molecule has 2 aromatic heterocycles. The van der Waals surface area contributed by atoms with Gasteiger partial charge >= 0.3 is 0 Å². The largest absolute Gasteiger partial charge is 0.497 e. The Hall–Kier alpha value is -4.45. The van der Waals surface area contributed by atoms with Gasteiger partial charge in [-0.25, -0.2) is 9.67 Å². The van der Waals surface area contributed by atoms with Gasteiger partial charge in [-0.05, 0) is 60.9 Å². The van der Waals surface area contributed by atoms with E-state index in [-0.39, 0.29) is 5.91 Å². The smallest absolute Gasteiger partial charge is 0.252 e. The quantitative estimate of drug-likeness (QED) is 0.318. The third kappa shape index (κ3) is 4.58. The Balaban J connectivity index is 1.49. The van der Waals surface area contributed by atoms with Gasteiger partial charge in [0.05, 0.1) is 41.5 Å². The van der Waals surface area contributed by atoms with Crippen molar-refractivity contribution in [3.63, 3.8) is 0 Å². The van der Waals surface area contributed by atoms with Crippen LogP contribution in [0.5, 0.6) is 5.75 Å². The number of carbonyl (C=O) groups is 1. The Morgan fingerprint density at radius 3 is 2.56 bits per heavy atom. The molecule has 0 unspecified atom stereocenters. The standard InChI is InChI=1S/C30H28N4O2/c1-4-21-12-14-23(15-13-21)34-20(2)27(19-32-34)29-17-26(25-10-5-6-11-28(25)33-29)30(35)31-18-22-8-7-9-24(16-22)36-3/h5-17,19H,4,18H2,1-3H3,(H,31,35). The fourth-order valence-electron chi connectivity index (χ4n) is 4.36. The Kier molecular flexibility index (Phi) is 6.50. The van der Waals surface area contributed by atoms with Crippen molar-refractivity contribution in [1.82, 2.24) is 20.1 Å². The molecule has 1 amide bonds. The van der Waals surface area contributed by atoms with Crippen molar-refractivity contribution in [2.45, 2.75) is 26.8 Å². The number of amides is 1. The van der Waals surface area contributed by atoms with Gasteiger partial charge in [-0.2, -0.15) is 5.10 Å². The zero-order chi connectivity index (χ0) is 25.1. The number of benzene rings is 3. The average molecular weight is 477 g/mol. The summed E-state index contributed by atoms with van der Waals surface area (Å²) in [6, 6.07) is 25.6. The van der Waals surface area contributed by atoms with Crippen LogP contribution >= 0.6 is 0 Å². The fraction of sp³-hybridized carbons (Fsp3) is 0.167. The summed E-state index contributed by atoms with van der Waals surface area (Å²) in [6.45, 7) is 4.56. The molecule has 0 bridgehead atoms. The second-order valence-electron chi connectivity index (χ2n) is 8.68. The summed E-state index contributed by atoms with van der Waals surface area (Å²) in [7, 11) is 1.63. The molecule has 6 heteroatoms.